The van der Waals surface area contributed by atoms with Crippen molar-refractivity contribution in [1.82, 2.24) is 9.55 Å². The van der Waals surface area contributed by atoms with E-state index in [1.54, 1.807) is 12.1 Å². The smallest absolute Gasteiger partial charge is 0.358 e. The van der Waals surface area contributed by atoms with Crippen molar-refractivity contribution in [2.24, 2.45) is 0 Å². The third-order valence-electron chi connectivity index (χ3n) is 6.02. The quantitative estimate of drug-likeness (QED) is 0.352. The average Bonchev–Trinajstić information content (AvgIpc) is 2.84. The number of aryl methyl sites for hydroxylation is 1. The molecule has 0 aliphatic carbocycles. The number of rotatable bonds is 4. The minimum absolute atomic E-state index is 0.389. The van der Waals surface area contributed by atoms with E-state index in [2.05, 4.69) is 9.88 Å². The van der Waals surface area contributed by atoms with Gasteiger partial charge < -0.3 is 9.80 Å². The standard InChI is InChI=1S/C25H23N5O3/c1-18-8-7-13-22(26-18)27-14-16-28(17-15-27)23-20-11-5-6-12-21(20)29(19-9-3-2-4-10-19)25(31)24(23)30(32)33/h2-13H,14-17H2,1H3. The predicted octanol–water partition coefficient (Wildman–Crippen LogP) is 3.93. The lowest BCUT2D eigenvalue weighted by Gasteiger charge is -2.37. The van der Waals surface area contributed by atoms with Crippen molar-refractivity contribution in [2.75, 3.05) is 36.0 Å². The van der Waals surface area contributed by atoms with Crippen LogP contribution in [0.25, 0.3) is 16.6 Å². The van der Waals surface area contributed by atoms with Crippen molar-refractivity contribution in [1.29, 1.82) is 0 Å². The van der Waals surface area contributed by atoms with Crippen LogP contribution in [0.5, 0.6) is 0 Å². The van der Waals surface area contributed by atoms with Crippen LogP contribution in [-0.2, 0) is 0 Å². The molecule has 8 nitrogen and oxygen atoms in total. The summed E-state index contributed by atoms with van der Waals surface area (Å²) in [5, 5.41) is 12.9. The van der Waals surface area contributed by atoms with Crippen LogP contribution in [0.1, 0.15) is 5.69 Å². The molecular formula is C25H23N5O3. The number of benzene rings is 2. The summed E-state index contributed by atoms with van der Waals surface area (Å²) in [6, 6.07) is 22.3. The highest BCUT2D eigenvalue weighted by Crippen LogP contribution is 2.35. The molecule has 33 heavy (non-hydrogen) atoms. The first-order chi connectivity index (χ1) is 16.0. The fraction of sp³-hybridized carbons (Fsp3) is 0.200. The van der Waals surface area contributed by atoms with E-state index in [1.807, 2.05) is 72.5 Å². The molecule has 2 aromatic carbocycles. The van der Waals surface area contributed by atoms with Crippen LogP contribution >= 0.6 is 0 Å². The fourth-order valence-corrected chi connectivity index (χ4v) is 4.50. The molecule has 0 atom stereocenters. The van der Waals surface area contributed by atoms with Crippen LogP contribution in [-0.4, -0.2) is 40.7 Å². The van der Waals surface area contributed by atoms with Crippen molar-refractivity contribution in [3.8, 4) is 5.69 Å². The molecule has 0 radical (unpaired) electrons. The Hall–Kier alpha value is -4.20. The Balaban J connectivity index is 1.62. The van der Waals surface area contributed by atoms with Crippen molar-refractivity contribution < 1.29 is 4.92 Å². The molecule has 3 heterocycles. The van der Waals surface area contributed by atoms with Gasteiger partial charge in [-0.15, -0.1) is 0 Å². The molecule has 0 spiro atoms. The summed E-state index contributed by atoms with van der Waals surface area (Å²) in [4.78, 5) is 33.8. The van der Waals surface area contributed by atoms with Crippen molar-refractivity contribution in [3.63, 3.8) is 0 Å². The van der Waals surface area contributed by atoms with Gasteiger partial charge in [0.05, 0.1) is 10.4 Å². The molecule has 1 fully saturated rings. The van der Waals surface area contributed by atoms with E-state index in [0.717, 1.165) is 11.5 Å². The Morgan fingerprint density at radius 2 is 1.52 bits per heavy atom. The molecule has 166 valence electrons. The SMILES string of the molecule is Cc1cccc(N2CCN(c3c([N+](=O)[O-])c(=O)n(-c4ccccc4)c4ccccc34)CC2)n1. The van der Waals surface area contributed by atoms with E-state index in [0.29, 0.717) is 48.5 Å². The van der Waals surface area contributed by atoms with Gasteiger partial charge in [-0.05, 0) is 37.3 Å². The van der Waals surface area contributed by atoms with Gasteiger partial charge >= 0.3 is 11.2 Å². The van der Waals surface area contributed by atoms with Gasteiger partial charge in [0.25, 0.3) is 0 Å². The highest BCUT2D eigenvalue weighted by molar-refractivity contribution is 5.97. The van der Waals surface area contributed by atoms with Crippen LogP contribution in [0, 0.1) is 17.0 Å². The topological polar surface area (TPSA) is 84.5 Å². The number of aromatic nitrogens is 2. The third-order valence-corrected chi connectivity index (χ3v) is 6.02. The van der Waals surface area contributed by atoms with Crippen LogP contribution < -0.4 is 15.4 Å². The molecule has 1 aliphatic rings. The number of anilines is 2. The lowest BCUT2D eigenvalue weighted by molar-refractivity contribution is -0.385. The molecule has 1 aliphatic heterocycles. The third kappa shape index (κ3) is 3.69. The van der Waals surface area contributed by atoms with Gasteiger partial charge in [-0.25, -0.2) is 4.98 Å². The van der Waals surface area contributed by atoms with Gasteiger partial charge in [0.1, 0.15) is 11.5 Å². The number of para-hydroxylation sites is 2. The first-order valence-electron chi connectivity index (χ1n) is 10.9. The molecule has 8 heteroatoms. The number of nitro groups is 1. The normalized spacial score (nSPS) is 14.0. The van der Waals surface area contributed by atoms with E-state index in [-0.39, 0.29) is 5.69 Å². The van der Waals surface area contributed by atoms with Gasteiger partial charge in [0, 0.05) is 42.9 Å². The molecule has 2 aromatic heterocycles. The van der Waals surface area contributed by atoms with Gasteiger partial charge in [0.2, 0.25) is 0 Å². The zero-order chi connectivity index (χ0) is 22.9. The number of fused-ring (bicyclic) bond motifs is 1. The summed E-state index contributed by atoms with van der Waals surface area (Å²) in [6.07, 6.45) is 0. The Morgan fingerprint density at radius 3 is 2.21 bits per heavy atom. The van der Waals surface area contributed by atoms with Crippen molar-refractivity contribution in [3.05, 3.63) is 99.0 Å². The minimum Gasteiger partial charge on any atom is -0.362 e. The van der Waals surface area contributed by atoms with Crippen LogP contribution in [0.4, 0.5) is 17.2 Å². The summed E-state index contributed by atoms with van der Waals surface area (Å²) in [7, 11) is 0. The Bertz CT molecular complexity index is 1390. The maximum atomic E-state index is 13.5. The molecule has 1 saturated heterocycles. The molecule has 0 bridgehead atoms. The lowest BCUT2D eigenvalue weighted by atomic mass is 10.1. The second-order valence-electron chi connectivity index (χ2n) is 8.06. The zero-order valence-corrected chi connectivity index (χ0v) is 18.2. The van der Waals surface area contributed by atoms with Crippen molar-refractivity contribution in [2.45, 2.75) is 6.92 Å². The molecule has 0 amide bonds. The second-order valence-corrected chi connectivity index (χ2v) is 8.06. The molecule has 0 N–H and O–H groups in total. The first-order valence-corrected chi connectivity index (χ1v) is 10.9. The number of hydrogen-bond acceptors (Lipinski definition) is 6. The van der Waals surface area contributed by atoms with Crippen molar-refractivity contribution >= 4 is 28.1 Å². The van der Waals surface area contributed by atoms with Crippen LogP contribution in [0.2, 0.25) is 0 Å². The summed E-state index contributed by atoms with van der Waals surface area (Å²) in [6.45, 7) is 4.37. The highest BCUT2D eigenvalue weighted by atomic mass is 16.6. The number of nitrogens with zero attached hydrogens (tertiary/aromatic N) is 5. The van der Waals surface area contributed by atoms with Gasteiger partial charge in [-0.3, -0.25) is 19.5 Å². The molecule has 5 rings (SSSR count). The van der Waals surface area contributed by atoms with Gasteiger partial charge in [0.15, 0.2) is 0 Å². The predicted molar refractivity (Wildman–Crippen MR) is 130 cm³/mol. The minimum atomic E-state index is -0.623. The van der Waals surface area contributed by atoms with Crippen LogP contribution in [0.15, 0.2) is 77.6 Å². The Labute approximate surface area is 190 Å². The summed E-state index contributed by atoms with van der Waals surface area (Å²) >= 11 is 0. The van der Waals surface area contributed by atoms with E-state index in [1.165, 1.54) is 4.57 Å². The number of pyridine rings is 2. The van der Waals surface area contributed by atoms with Gasteiger partial charge in [-0.2, -0.15) is 0 Å². The molecular weight excluding hydrogens is 418 g/mol. The monoisotopic (exact) mass is 441 g/mol. The zero-order valence-electron chi connectivity index (χ0n) is 18.2. The fourth-order valence-electron chi connectivity index (χ4n) is 4.50. The maximum Gasteiger partial charge on any atom is 0.358 e. The largest absolute Gasteiger partial charge is 0.362 e. The number of hydrogen-bond donors (Lipinski definition) is 0. The lowest BCUT2D eigenvalue weighted by Crippen LogP contribution is -2.47. The summed E-state index contributed by atoms with van der Waals surface area (Å²) in [5.74, 6) is 0.897. The molecule has 4 aromatic rings. The van der Waals surface area contributed by atoms with E-state index < -0.39 is 10.5 Å². The van der Waals surface area contributed by atoms with E-state index >= 15 is 0 Å². The summed E-state index contributed by atoms with van der Waals surface area (Å²) in [5.41, 5.74) is 1.58. The second kappa shape index (κ2) is 8.38. The Kier molecular flexibility index (Phi) is 5.26. The van der Waals surface area contributed by atoms with Crippen LogP contribution in [0.3, 0.4) is 0 Å². The summed E-state index contributed by atoms with van der Waals surface area (Å²) < 4.78 is 1.43. The van der Waals surface area contributed by atoms with E-state index in [9.17, 15) is 14.9 Å². The molecule has 0 unspecified atom stereocenters. The first kappa shape index (κ1) is 20.7. The highest BCUT2D eigenvalue weighted by Gasteiger charge is 2.31. The Morgan fingerprint density at radius 1 is 0.848 bits per heavy atom. The maximum absolute atomic E-state index is 13.5. The van der Waals surface area contributed by atoms with Gasteiger partial charge in [-0.1, -0.05) is 42.5 Å². The number of piperazine rings is 1. The molecule has 0 saturated carbocycles. The average molecular weight is 441 g/mol. The van der Waals surface area contributed by atoms with E-state index in [4.69, 9.17) is 0 Å².